The van der Waals surface area contributed by atoms with Crippen LogP contribution in [0.15, 0.2) is 28.7 Å². The number of benzene rings is 1. The minimum atomic E-state index is -0.899. The summed E-state index contributed by atoms with van der Waals surface area (Å²) in [4.78, 5) is 15.0. The molecule has 1 aliphatic heterocycles. The van der Waals surface area contributed by atoms with Crippen molar-refractivity contribution in [3.63, 3.8) is 0 Å². The zero-order chi connectivity index (χ0) is 13.2. The van der Waals surface area contributed by atoms with Crippen LogP contribution in [0.3, 0.4) is 0 Å². The molecule has 100 valence electrons. The van der Waals surface area contributed by atoms with Crippen molar-refractivity contribution >= 4 is 23.1 Å². The Morgan fingerprint density at radius 1 is 1.42 bits per heavy atom. The fraction of sp³-hybridized carbons (Fsp3) is 0.385. The number of hydrogen-bond donors (Lipinski definition) is 2. The van der Waals surface area contributed by atoms with Crippen LogP contribution in [0.1, 0.15) is 12.8 Å². The minimum absolute atomic E-state index is 0.115. The first-order chi connectivity index (χ1) is 9.22. The molecular weight excluding hydrogens is 248 g/mol. The number of carboxylic acid groups (broad SMARTS) is 1. The molecular formula is C13H14N2O4. The lowest BCUT2D eigenvalue weighted by Crippen LogP contribution is -2.24. The number of hydrogen-bond acceptors (Lipinski definition) is 5. The highest BCUT2D eigenvalue weighted by molar-refractivity contribution is 5.74. The van der Waals surface area contributed by atoms with Gasteiger partial charge in [-0.25, -0.2) is 4.79 Å². The van der Waals surface area contributed by atoms with Gasteiger partial charge >= 0.3 is 5.97 Å². The van der Waals surface area contributed by atoms with E-state index in [4.69, 9.17) is 14.3 Å². The normalized spacial score (nSPS) is 22.7. The Hall–Kier alpha value is -2.08. The van der Waals surface area contributed by atoms with Gasteiger partial charge in [-0.05, 0) is 25.0 Å². The average Bonchev–Trinajstić information content (AvgIpc) is 3.02. The van der Waals surface area contributed by atoms with Gasteiger partial charge in [0.15, 0.2) is 11.7 Å². The molecule has 1 fully saturated rings. The molecule has 6 heteroatoms. The molecule has 2 heterocycles. The molecule has 1 aromatic heterocycles. The maximum Gasteiger partial charge on any atom is 0.332 e. The summed E-state index contributed by atoms with van der Waals surface area (Å²) < 4.78 is 10.9. The van der Waals surface area contributed by atoms with Gasteiger partial charge in [0.1, 0.15) is 5.52 Å². The van der Waals surface area contributed by atoms with Crippen LogP contribution in [-0.4, -0.2) is 34.8 Å². The monoisotopic (exact) mass is 262 g/mol. The van der Waals surface area contributed by atoms with Crippen molar-refractivity contribution in [2.24, 2.45) is 0 Å². The molecule has 0 bridgehead atoms. The lowest BCUT2D eigenvalue weighted by Gasteiger charge is -2.10. The van der Waals surface area contributed by atoms with E-state index in [0.717, 1.165) is 17.5 Å². The van der Waals surface area contributed by atoms with Crippen molar-refractivity contribution in [3.05, 3.63) is 24.3 Å². The molecule has 6 nitrogen and oxygen atoms in total. The summed E-state index contributed by atoms with van der Waals surface area (Å²) in [5, 5.41) is 11.9. The quantitative estimate of drug-likeness (QED) is 0.875. The number of aromatic nitrogens is 1. The van der Waals surface area contributed by atoms with Crippen molar-refractivity contribution < 1.29 is 19.1 Å². The summed E-state index contributed by atoms with van der Waals surface area (Å²) in [5.74, 6) is -0.899. The second-order valence-electron chi connectivity index (χ2n) is 4.53. The summed E-state index contributed by atoms with van der Waals surface area (Å²) >= 11 is 0. The zero-order valence-corrected chi connectivity index (χ0v) is 10.2. The van der Waals surface area contributed by atoms with Crippen LogP contribution in [0.2, 0.25) is 0 Å². The van der Waals surface area contributed by atoms with Crippen LogP contribution < -0.4 is 5.32 Å². The number of nitrogens with zero attached hydrogens (tertiary/aromatic N) is 1. The second-order valence-corrected chi connectivity index (χ2v) is 4.53. The largest absolute Gasteiger partial charge is 0.479 e. The summed E-state index contributed by atoms with van der Waals surface area (Å²) in [6.45, 7) is 0.497. The number of aliphatic carboxylic acids is 1. The standard InChI is InChI=1S/C13H14N2O4/c16-12(17)11-6-5-8(18-11)7-14-13-15-9-3-1-2-4-10(9)19-13/h1-4,8,11H,5-7H2,(H,14,15)(H,16,17). The predicted octanol–water partition coefficient (Wildman–Crippen LogP) is 1.87. The predicted molar refractivity (Wildman–Crippen MR) is 68.0 cm³/mol. The van der Waals surface area contributed by atoms with Gasteiger partial charge in [0.05, 0.1) is 6.10 Å². The minimum Gasteiger partial charge on any atom is -0.479 e. The van der Waals surface area contributed by atoms with Crippen LogP contribution in [-0.2, 0) is 9.53 Å². The Kier molecular flexibility index (Phi) is 3.08. The van der Waals surface area contributed by atoms with Crippen molar-refractivity contribution in [1.29, 1.82) is 0 Å². The van der Waals surface area contributed by atoms with Gasteiger partial charge in [0, 0.05) is 6.54 Å². The van der Waals surface area contributed by atoms with Crippen molar-refractivity contribution in [2.45, 2.75) is 25.0 Å². The fourth-order valence-corrected chi connectivity index (χ4v) is 2.19. The molecule has 3 rings (SSSR count). The van der Waals surface area contributed by atoms with Gasteiger partial charge in [-0.1, -0.05) is 12.1 Å². The molecule has 0 radical (unpaired) electrons. The van der Waals surface area contributed by atoms with E-state index in [1.54, 1.807) is 0 Å². The summed E-state index contributed by atoms with van der Waals surface area (Å²) in [6.07, 6.45) is 0.478. The summed E-state index contributed by atoms with van der Waals surface area (Å²) in [5.41, 5.74) is 1.52. The topological polar surface area (TPSA) is 84.6 Å². The Morgan fingerprint density at radius 3 is 3.00 bits per heavy atom. The van der Waals surface area contributed by atoms with Crippen LogP contribution in [0.5, 0.6) is 0 Å². The second kappa shape index (κ2) is 4.89. The molecule has 2 atom stereocenters. The van der Waals surface area contributed by atoms with Gasteiger partial charge in [0.2, 0.25) is 0 Å². The third kappa shape index (κ3) is 2.53. The molecule has 0 spiro atoms. The average molecular weight is 262 g/mol. The zero-order valence-electron chi connectivity index (χ0n) is 10.2. The first-order valence-electron chi connectivity index (χ1n) is 6.20. The van der Waals surface area contributed by atoms with E-state index >= 15 is 0 Å². The molecule has 0 amide bonds. The molecule has 19 heavy (non-hydrogen) atoms. The van der Waals surface area contributed by atoms with E-state index in [9.17, 15) is 4.79 Å². The Morgan fingerprint density at radius 2 is 2.26 bits per heavy atom. The lowest BCUT2D eigenvalue weighted by atomic mass is 10.2. The fourth-order valence-electron chi connectivity index (χ4n) is 2.19. The molecule has 0 saturated carbocycles. The van der Waals surface area contributed by atoms with Crippen LogP contribution in [0, 0.1) is 0 Å². The van der Waals surface area contributed by atoms with E-state index < -0.39 is 12.1 Å². The SMILES string of the molecule is O=C(O)C1CCC(CNc2nc3ccccc3o2)O1. The third-order valence-corrected chi connectivity index (χ3v) is 3.16. The van der Waals surface area contributed by atoms with Crippen molar-refractivity contribution in [2.75, 3.05) is 11.9 Å². The van der Waals surface area contributed by atoms with Crippen LogP contribution in [0.25, 0.3) is 11.1 Å². The Labute approximate surface area is 109 Å². The molecule has 1 saturated heterocycles. The summed E-state index contributed by atoms with van der Waals surface area (Å²) in [6, 6.07) is 7.93. The molecule has 1 aliphatic rings. The first kappa shape index (κ1) is 12.0. The van der Waals surface area contributed by atoms with E-state index in [0.29, 0.717) is 19.0 Å². The van der Waals surface area contributed by atoms with E-state index in [1.165, 1.54) is 0 Å². The number of carboxylic acids is 1. The van der Waals surface area contributed by atoms with Gasteiger partial charge in [-0.3, -0.25) is 0 Å². The Balaban J connectivity index is 1.59. The number of carbonyl (C=O) groups is 1. The molecule has 2 aromatic rings. The van der Waals surface area contributed by atoms with Crippen molar-refractivity contribution in [3.8, 4) is 0 Å². The number of fused-ring (bicyclic) bond motifs is 1. The van der Waals surface area contributed by atoms with Gasteiger partial charge < -0.3 is 19.6 Å². The van der Waals surface area contributed by atoms with E-state index in [1.807, 2.05) is 24.3 Å². The lowest BCUT2D eigenvalue weighted by molar-refractivity contribution is -0.149. The molecule has 1 aromatic carbocycles. The smallest absolute Gasteiger partial charge is 0.332 e. The van der Waals surface area contributed by atoms with Crippen LogP contribution in [0.4, 0.5) is 6.01 Å². The highest BCUT2D eigenvalue weighted by atomic mass is 16.5. The number of anilines is 1. The van der Waals surface area contributed by atoms with E-state index in [2.05, 4.69) is 10.3 Å². The first-order valence-corrected chi connectivity index (χ1v) is 6.20. The number of para-hydroxylation sites is 2. The van der Waals surface area contributed by atoms with Gasteiger partial charge in [-0.15, -0.1) is 0 Å². The van der Waals surface area contributed by atoms with Crippen LogP contribution >= 0.6 is 0 Å². The highest BCUT2D eigenvalue weighted by Gasteiger charge is 2.30. The van der Waals surface area contributed by atoms with Gasteiger partial charge in [-0.2, -0.15) is 4.98 Å². The number of oxazole rings is 1. The number of rotatable bonds is 4. The van der Waals surface area contributed by atoms with E-state index in [-0.39, 0.29) is 6.10 Å². The van der Waals surface area contributed by atoms with Gasteiger partial charge in [0.25, 0.3) is 6.01 Å². The molecule has 0 aliphatic carbocycles. The summed E-state index contributed by atoms with van der Waals surface area (Å²) in [7, 11) is 0. The molecule has 2 unspecified atom stereocenters. The maximum absolute atomic E-state index is 10.8. The van der Waals surface area contributed by atoms with Crippen molar-refractivity contribution in [1.82, 2.24) is 4.98 Å². The number of nitrogens with one attached hydrogen (secondary N) is 1. The number of ether oxygens (including phenoxy) is 1. The maximum atomic E-state index is 10.8. The third-order valence-electron chi connectivity index (χ3n) is 3.16. The highest BCUT2D eigenvalue weighted by Crippen LogP contribution is 2.22. The Bertz CT molecular complexity index is 562. The molecule has 2 N–H and O–H groups in total.